The van der Waals surface area contributed by atoms with Gasteiger partial charge in [0.2, 0.25) is 11.8 Å². The first kappa shape index (κ1) is 51.4. The number of nitrogens with zero attached hydrogens (tertiary/aromatic N) is 4. The molecule has 4 heterocycles. The molecule has 0 bridgehead atoms. The van der Waals surface area contributed by atoms with Gasteiger partial charge >= 0.3 is 6.09 Å². The van der Waals surface area contributed by atoms with Crippen LogP contribution >= 0.6 is 12.4 Å². The summed E-state index contributed by atoms with van der Waals surface area (Å²) in [6, 6.07) is 25.3. The number of likely N-dealkylation sites (tertiary alicyclic amines) is 2. The number of phenolic OH excluding ortho intramolecular Hbond substituents is 1. The molecule has 2 aliphatic heterocycles. The predicted molar refractivity (Wildman–Crippen MR) is 245 cm³/mol. The molecule has 0 saturated carbocycles. The Hall–Kier alpha value is -6.60. The number of aromatic hydroxyl groups is 1. The molecule has 19 heteroatoms. The quantitative estimate of drug-likeness (QED) is 0.0864. The average molecular weight is 949 g/mol. The molecular weight excluding hydrogens is 894 g/mol. The van der Waals surface area contributed by atoms with Crippen molar-refractivity contribution in [1.29, 1.82) is 0 Å². The van der Waals surface area contributed by atoms with E-state index in [1.165, 1.54) is 34.1 Å². The SMILES string of the molecule is Cc1cc(CN)cc(Oc2cc(C(=O)N3CC(O)C(F)C3)ccc2O)n1.Cc1cc(CNC(=O)OC(C)(C)C)cc(Oc2cc(C(=O)N3CC(O)C(F)C3)ccc2OCc2ccccc2)n1.Cl. The molecule has 6 N–H and O–H groups in total. The van der Waals surface area contributed by atoms with Gasteiger partial charge < -0.3 is 55.1 Å². The Labute approximate surface area is 393 Å². The van der Waals surface area contributed by atoms with Crippen molar-refractivity contribution in [3.05, 3.63) is 130 Å². The van der Waals surface area contributed by atoms with Gasteiger partial charge in [-0.3, -0.25) is 9.59 Å². The number of aryl methyl sites for hydroxylation is 2. The third-order valence-electron chi connectivity index (χ3n) is 10.1. The zero-order valence-corrected chi connectivity index (χ0v) is 38.5. The van der Waals surface area contributed by atoms with Crippen molar-refractivity contribution in [2.24, 2.45) is 5.73 Å². The van der Waals surface area contributed by atoms with Crippen molar-refractivity contribution in [3.8, 4) is 34.8 Å². The van der Waals surface area contributed by atoms with Gasteiger partial charge in [-0.2, -0.15) is 0 Å². The smallest absolute Gasteiger partial charge is 0.407 e. The standard InChI is InChI=1S/C30H34FN3O6.C18H20FN3O4.ClH/c1-19-12-21(15-32-29(37)40-30(2,3)4)13-27(33-19)39-26-14-22(28(36)34-16-23(31)24(35)17-34)10-11-25(26)38-18-20-8-6-5-7-9-20;1-10-4-11(7-20)5-17(21-10)26-16-6-12(2-3-14(16)23)18(25)22-8-13(19)15(24)9-22;/h5-14,23-24,35H,15-18H2,1-4H3,(H,32,37);2-6,13,15,23-24H,7-9,20H2,1H3;1H. The number of phenols is 1. The maximum absolute atomic E-state index is 13.9. The molecule has 358 valence electrons. The number of nitrogens with one attached hydrogen (secondary N) is 1. The fraction of sp³-hybridized carbons (Fsp3) is 0.354. The van der Waals surface area contributed by atoms with E-state index in [2.05, 4.69) is 15.3 Å². The number of benzene rings is 3. The number of carbonyl (C=O) groups excluding carboxylic acids is 3. The van der Waals surface area contributed by atoms with Gasteiger partial charge in [0.25, 0.3) is 11.8 Å². The minimum atomic E-state index is -1.49. The monoisotopic (exact) mass is 948 g/mol. The van der Waals surface area contributed by atoms with Crippen LogP contribution < -0.4 is 25.3 Å². The highest BCUT2D eigenvalue weighted by atomic mass is 35.5. The molecule has 0 aliphatic carbocycles. The van der Waals surface area contributed by atoms with Crippen LogP contribution in [0.3, 0.4) is 0 Å². The van der Waals surface area contributed by atoms with E-state index in [-0.39, 0.29) is 91.9 Å². The molecule has 3 aromatic carbocycles. The van der Waals surface area contributed by atoms with Crippen molar-refractivity contribution >= 4 is 30.3 Å². The molecule has 3 amide bonds. The van der Waals surface area contributed by atoms with Crippen LogP contribution in [0, 0.1) is 13.8 Å². The lowest BCUT2D eigenvalue weighted by atomic mass is 10.1. The van der Waals surface area contributed by atoms with Gasteiger partial charge in [0.1, 0.15) is 36.8 Å². The lowest BCUT2D eigenvalue weighted by Gasteiger charge is -2.20. The Morgan fingerprint density at radius 2 is 1.24 bits per heavy atom. The van der Waals surface area contributed by atoms with Crippen LogP contribution in [0.2, 0.25) is 0 Å². The molecule has 7 rings (SSSR count). The van der Waals surface area contributed by atoms with Gasteiger partial charge in [-0.25, -0.2) is 23.5 Å². The summed E-state index contributed by atoms with van der Waals surface area (Å²) in [6.07, 6.45) is -5.89. The van der Waals surface area contributed by atoms with Crippen LogP contribution in [-0.2, 0) is 24.4 Å². The lowest BCUT2D eigenvalue weighted by molar-refractivity contribution is 0.0522. The van der Waals surface area contributed by atoms with E-state index in [1.54, 1.807) is 58.9 Å². The second-order valence-corrected chi connectivity index (χ2v) is 16.9. The summed E-state index contributed by atoms with van der Waals surface area (Å²) in [5.41, 5.74) is 9.32. The summed E-state index contributed by atoms with van der Waals surface area (Å²) < 4.78 is 50.4. The van der Waals surface area contributed by atoms with Crippen molar-refractivity contribution in [1.82, 2.24) is 25.1 Å². The maximum Gasteiger partial charge on any atom is 0.407 e. The first-order chi connectivity index (χ1) is 31.3. The van der Waals surface area contributed by atoms with Gasteiger partial charge in [0.05, 0.1) is 13.1 Å². The van der Waals surface area contributed by atoms with Gasteiger partial charge in [0, 0.05) is 60.8 Å². The van der Waals surface area contributed by atoms with Crippen molar-refractivity contribution in [3.63, 3.8) is 0 Å². The number of amides is 3. The number of hydrogen-bond donors (Lipinski definition) is 5. The number of alkyl carbamates (subject to hydrolysis) is 1. The molecule has 2 aliphatic rings. The second-order valence-electron chi connectivity index (χ2n) is 16.9. The predicted octanol–water partition coefficient (Wildman–Crippen LogP) is 6.86. The number of pyridine rings is 2. The number of β-amino-alcohol motifs (C(OH)–C–C–N with tert-alkyl or cyclic N) is 2. The highest BCUT2D eigenvalue weighted by molar-refractivity contribution is 5.96. The van der Waals surface area contributed by atoms with E-state index in [0.717, 1.165) is 16.7 Å². The Kier molecular flexibility index (Phi) is 17.4. The Morgan fingerprint density at radius 1 is 0.716 bits per heavy atom. The van der Waals surface area contributed by atoms with Gasteiger partial charge in [-0.15, -0.1) is 12.4 Å². The minimum Gasteiger partial charge on any atom is -0.504 e. The molecule has 2 aromatic heterocycles. The summed E-state index contributed by atoms with van der Waals surface area (Å²) >= 11 is 0. The molecule has 67 heavy (non-hydrogen) atoms. The van der Waals surface area contributed by atoms with Crippen LogP contribution in [0.5, 0.6) is 34.8 Å². The number of nitrogens with two attached hydrogens (primary N) is 1. The summed E-state index contributed by atoms with van der Waals surface area (Å²) in [7, 11) is 0. The van der Waals surface area contributed by atoms with Crippen LogP contribution in [-0.4, -0.2) is 109 Å². The Balaban J connectivity index is 0.000000269. The summed E-state index contributed by atoms with van der Waals surface area (Å²) in [5, 5.41) is 32.0. The van der Waals surface area contributed by atoms with Crippen LogP contribution in [0.1, 0.15) is 69.6 Å². The molecule has 4 unspecified atom stereocenters. The summed E-state index contributed by atoms with van der Waals surface area (Å²) in [4.78, 5) is 48.8. The highest BCUT2D eigenvalue weighted by Crippen LogP contribution is 2.35. The summed E-state index contributed by atoms with van der Waals surface area (Å²) in [5.74, 6) is 0.0928. The topological polar surface area (TPSA) is 219 Å². The van der Waals surface area contributed by atoms with Crippen LogP contribution in [0.25, 0.3) is 0 Å². The van der Waals surface area contributed by atoms with E-state index < -0.39 is 48.1 Å². The molecule has 2 saturated heterocycles. The fourth-order valence-electron chi connectivity index (χ4n) is 6.95. The Bertz CT molecular complexity index is 2500. The van der Waals surface area contributed by atoms with Crippen molar-refractivity contribution < 1.29 is 57.4 Å². The van der Waals surface area contributed by atoms with Gasteiger partial charge in [-0.05, 0) is 99.8 Å². The molecule has 2 fully saturated rings. The number of rotatable bonds is 12. The zero-order valence-electron chi connectivity index (χ0n) is 37.6. The number of carbonyl (C=O) groups is 3. The number of alkyl halides is 2. The lowest BCUT2D eigenvalue weighted by Crippen LogP contribution is -2.32. The largest absolute Gasteiger partial charge is 0.504 e. The average Bonchev–Trinajstić information content (AvgIpc) is 3.80. The first-order valence-electron chi connectivity index (χ1n) is 21.2. The second kappa shape index (κ2) is 22.7. The number of hydrogen-bond acceptors (Lipinski definition) is 13. The van der Waals surface area contributed by atoms with E-state index in [1.807, 2.05) is 42.5 Å². The van der Waals surface area contributed by atoms with E-state index >= 15 is 0 Å². The number of halogens is 3. The van der Waals surface area contributed by atoms with E-state index in [4.69, 9.17) is 24.7 Å². The van der Waals surface area contributed by atoms with Crippen molar-refractivity contribution in [2.45, 2.75) is 84.5 Å². The van der Waals surface area contributed by atoms with Gasteiger partial charge in [-0.1, -0.05) is 30.3 Å². The van der Waals surface area contributed by atoms with Gasteiger partial charge in [0.15, 0.2) is 23.0 Å². The Morgan fingerprint density at radius 3 is 1.78 bits per heavy atom. The normalized spacial score (nSPS) is 17.7. The summed E-state index contributed by atoms with van der Waals surface area (Å²) in [6.45, 7) is 9.18. The molecule has 4 atom stereocenters. The van der Waals surface area contributed by atoms with Crippen LogP contribution in [0.15, 0.2) is 91.0 Å². The molecule has 0 spiro atoms. The minimum absolute atomic E-state index is 0. The number of ether oxygens (including phenoxy) is 4. The third kappa shape index (κ3) is 14.4. The first-order valence-corrected chi connectivity index (χ1v) is 21.2. The number of aliphatic hydroxyl groups is 2. The highest BCUT2D eigenvalue weighted by Gasteiger charge is 2.36. The number of aliphatic hydroxyl groups excluding tert-OH is 2. The van der Waals surface area contributed by atoms with E-state index in [9.17, 15) is 38.5 Å². The fourth-order valence-corrected chi connectivity index (χ4v) is 6.95. The van der Waals surface area contributed by atoms with Crippen LogP contribution in [0.4, 0.5) is 13.6 Å². The molecular formula is C48H55ClF2N6O10. The van der Waals surface area contributed by atoms with Crippen molar-refractivity contribution in [2.75, 3.05) is 26.2 Å². The molecule has 16 nitrogen and oxygen atoms in total. The molecule has 5 aromatic rings. The van der Waals surface area contributed by atoms with E-state index in [0.29, 0.717) is 23.7 Å². The molecule has 0 radical (unpaired) electrons. The third-order valence-corrected chi connectivity index (χ3v) is 10.1. The number of aromatic nitrogens is 2. The zero-order chi connectivity index (χ0) is 47.7. The maximum atomic E-state index is 13.9.